The molecule has 1 heterocycles. The second-order valence-electron chi connectivity index (χ2n) is 4.33. The van der Waals surface area contributed by atoms with Gasteiger partial charge in [0, 0.05) is 31.7 Å². The molecule has 14 heavy (non-hydrogen) atoms. The molecular weight excluding hydrogens is 183 g/mol. The molecule has 1 aliphatic rings. The number of aliphatic hydroxyl groups is 1. The highest BCUT2D eigenvalue weighted by atomic mass is 19.1. The van der Waals surface area contributed by atoms with Gasteiger partial charge in [0.25, 0.3) is 0 Å². The van der Waals surface area contributed by atoms with Crippen LogP contribution in [0.1, 0.15) is 20.3 Å². The van der Waals surface area contributed by atoms with Crippen molar-refractivity contribution in [1.29, 1.82) is 0 Å². The van der Waals surface area contributed by atoms with Crippen LogP contribution in [0.25, 0.3) is 0 Å². The zero-order chi connectivity index (χ0) is 10.6. The van der Waals surface area contributed by atoms with Crippen LogP contribution in [-0.4, -0.2) is 54.5 Å². The summed E-state index contributed by atoms with van der Waals surface area (Å²) in [6, 6.07) is 0.617. The minimum Gasteiger partial charge on any atom is -0.395 e. The van der Waals surface area contributed by atoms with E-state index < -0.39 is 6.17 Å². The largest absolute Gasteiger partial charge is 0.395 e. The van der Waals surface area contributed by atoms with Gasteiger partial charge in [-0.05, 0) is 6.42 Å². The second-order valence-corrected chi connectivity index (χ2v) is 4.33. The number of likely N-dealkylation sites (tertiary alicyclic amines) is 1. The van der Waals surface area contributed by atoms with Gasteiger partial charge in [0.1, 0.15) is 6.17 Å². The molecule has 0 amide bonds. The van der Waals surface area contributed by atoms with Crippen LogP contribution in [0, 0.1) is 0 Å². The molecule has 2 unspecified atom stereocenters. The third-order valence-corrected chi connectivity index (χ3v) is 2.46. The lowest BCUT2D eigenvalue weighted by molar-refractivity contribution is 0.0914. The van der Waals surface area contributed by atoms with Gasteiger partial charge in [-0.2, -0.15) is 0 Å². The number of hydrogen-bond donors (Lipinski definition) is 2. The third-order valence-electron chi connectivity index (χ3n) is 2.46. The summed E-state index contributed by atoms with van der Waals surface area (Å²) in [4.78, 5) is 1.98. The number of β-amino-alcohol motifs (C(OH)–C–C–N with tert-alkyl or cyclic N) is 1. The van der Waals surface area contributed by atoms with Crippen LogP contribution in [0.3, 0.4) is 0 Å². The van der Waals surface area contributed by atoms with Crippen molar-refractivity contribution in [2.45, 2.75) is 38.5 Å². The quantitative estimate of drug-likeness (QED) is 0.695. The Labute approximate surface area is 85.3 Å². The lowest BCUT2D eigenvalue weighted by Gasteiger charge is -2.35. The second kappa shape index (κ2) is 5.63. The number of piperidine rings is 1. The van der Waals surface area contributed by atoms with E-state index in [1.807, 2.05) is 4.90 Å². The van der Waals surface area contributed by atoms with Gasteiger partial charge in [-0.1, -0.05) is 13.8 Å². The molecule has 2 N–H and O–H groups in total. The number of alkyl halides is 1. The first-order valence-corrected chi connectivity index (χ1v) is 5.35. The molecule has 0 aromatic heterocycles. The highest BCUT2D eigenvalue weighted by molar-refractivity contribution is 4.84. The fourth-order valence-corrected chi connectivity index (χ4v) is 2.04. The SMILES string of the molecule is CC(C)NC1CC(F)CN(CCO)C1. The van der Waals surface area contributed by atoms with Crippen LogP contribution in [0.5, 0.6) is 0 Å². The molecule has 4 heteroatoms. The first-order valence-electron chi connectivity index (χ1n) is 5.35. The number of halogens is 1. The van der Waals surface area contributed by atoms with Crippen molar-refractivity contribution in [2.75, 3.05) is 26.2 Å². The number of hydrogen-bond acceptors (Lipinski definition) is 3. The Morgan fingerprint density at radius 2 is 2.21 bits per heavy atom. The van der Waals surface area contributed by atoms with Crippen LogP contribution in [0.4, 0.5) is 4.39 Å². The molecule has 1 rings (SSSR count). The number of nitrogens with one attached hydrogen (secondary N) is 1. The Bertz CT molecular complexity index is 164. The minimum atomic E-state index is -0.758. The molecule has 0 bridgehead atoms. The van der Waals surface area contributed by atoms with Crippen molar-refractivity contribution in [1.82, 2.24) is 10.2 Å². The van der Waals surface area contributed by atoms with Gasteiger partial charge >= 0.3 is 0 Å². The molecule has 0 aromatic rings. The van der Waals surface area contributed by atoms with E-state index in [2.05, 4.69) is 19.2 Å². The fraction of sp³-hybridized carbons (Fsp3) is 1.00. The molecule has 0 spiro atoms. The molecule has 0 radical (unpaired) electrons. The molecule has 84 valence electrons. The van der Waals surface area contributed by atoms with E-state index in [4.69, 9.17) is 5.11 Å². The predicted molar refractivity (Wildman–Crippen MR) is 55.1 cm³/mol. The summed E-state index contributed by atoms with van der Waals surface area (Å²) in [7, 11) is 0. The summed E-state index contributed by atoms with van der Waals surface area (Å²) in [5.41, 5.74) is 0. The Kier molecular flexibility index (Phi) is 4.78. The van der Waals surface area contributed by atoms with E-state index in [1.54, 1.807) is 0 Å². The van der Waals surface area contributed by atoms with Crippen molar-refractivity contribution in [3.05, 3.63) is 0 Å². The maximum absolute atomic E-state index is 13.3. The lowest BCUT2D eigenvalue weighted by Crippen LogP contribution is -2.52. The van der Waals surface area contributed by atoms with E-state index in [0.29, 0.717) is 25.6 Å². The number of aliphatic hydroxyl groups excluding tert-OH is 1. The van der Waals surface area contributed by atoms with Gasteiger partial charge in [-0.3, -0.25) is 4.90 Å². The van der Waals surface area contributed by atoms with Crippen molar-refractivity contribution in [2.24, 2.45) is 0 Å². The summed E-state index contributed by atoms with van der Waals surface area (Å²) in [5.74, 6) is 0. The van der Waals surface area contributed by atoms with Crippen molar-refractivity contribution < 1.29 is 9.50 Å². The third kappa shape index (κ3) is 3.90. The molecule has 0 aliphatic carbocycles. The van der Waals surface area contributed by atoms with Crippen LogP contribution >= 0.6 is 0 Å². The maximum atomic E-state index is 13.3. The van der Waals surface area contributed by atoms with E-state index in [0.717, 1.165) is 6.54 Å². The van der Waals surface area contributed by atoms with Gasteiger partial charge in [0.15, 0.2) is 0 Å². The highest BCUT2D eigenvalue weighted by Gasteiger charge is 2.26. The minimum absolute atomic E-state index is 0.112. The van der Waals surface area contributed by atoms with Gasteiger partial charge in [-0.15, -0.1) is 0 Å². The topological polar surface area (TPSA) is 35.5 Å². The van der Waals surface area contributed by atoms with Gasteiger partial charge in [0.2, 0.25) is 0 Å². The van der Waals surface area contributed by atoms with Crippen LogP contribution < -0.4 is 5.32 Å². The number of rotatable bonds is 4. The molecule has 3 nitrogen and oxygen atoms in total. The van der Waals surface area contributed by atoms with E-state index in [9.17, 15) is 4.39 Å². The molecular formula is C10H21FN2O. The van der Waals surface area contributed by atoms with Crippen molar-refractivity contribution in [3.63, 3.8) is 0 Å². The average Bonchev–Trinajstić information content (AvgIpc) is 2.01. The van der Waals surface area contributed by atoms with Crippen LogP contribution in [0.15, 0.2) is 0 Å². The molecule has 0 aromatic carbocycles. The van der Waals surface area contributed by atoms with Crippen LogP contribution in [0.2, 0.25) is 0 Å². The summed E-state index contributed by atoms with van der Waals surface area (Å²) in [5, 5.41) is 12.1. The van der Waals surface area contributed by atoms with Crippen molar-refractivity contribution >= 4 is 0 Å². The molecule has 1 saturated heterocycles. The lowest BCUT2D eigenvalue weighted by atomic mass is 10.0. The fourth-order valence-electron chi connectivity index (χ4n) is 2.04. The summed E-state index contributed by atoms with van der Waals surface area (Å²) in [6.45, 7) is 6.14. The smallest absolute Gasteiger partial charge is 0.114 e. The van der Waals surface area contributed by atoms with E-state index in [1.165, 1.54) is 0 Å². The standard InChI is InChI=1S/C10H21FN2O/c1-8(2)12-10-5-9(11)6-13(7-10)3-4-14/h8-10,12,14H,3-7H2,1-2H3. The maximum Gasteiger partial charge on any atom is 0.114 e. The Balaban J connectivity index is 2.37. The van der Waals surface area contributed by atoms with Crippen LogP contribution in [-0.2, 0) is 0 Å². The molecule has 2 atom stereocenters. The summed E-state index contributed by atoms with van der Waals surface area (Å²) in [6.07, 6.45) is -0.160. The molecule has 0 saturated carbocycles. The molecule has 1 aliphatic heterocycles. The molecule has 1 fully saturated rings. The van der Waals surface area contributed by atoms with Gasteiger partial charge < -0.3 is 10.4 Å². The van der Waals surface area contributed by atoms with Gasteiger partial charge in [0.05, 0.1) is 6.61 Å². The Morgan fingerprint density at radius 3 is 2.79 bits per heavy atom. The summed E-state index contributed by atoms with van der Waals surface area (Å²) < 4.78 is 13.3. The Hall–Kier alpha value is -0.190. The number of nitrogens with zero attached hydrogens (tertiary/aromatic N) is 1. The van der Waals surface area contributed by atoms with E-state index in [-0.39, 0.29) is 12.6 Å². The van der Waals surface area contributed by atoms with E-state index >= 15 is 0 Å². The first kappa shape index (κ1) is 11.9. The van der Waals surface area contributed by atoms with Gasteiger partial charge in [-0.25, -0.2) is 4.39 Å². The van der Waals surface area contributed by atoms with Crippen molar-refractivity contribution in [3.8, 4) is 0 Å². The normalized spacial score (nSPS) is 29.8. The zero-order valence-electron chi connectivity index (χ0n) is 9.04. The summed E-state index contributed by atoms with van der Waals surface area (Å²) >= 11 is 0. The highest BCUT2D eigenvalue weighted by Crippen LogP contribution is 2.13. The average molecular weight is 204 g/mol. The first-order chi connectivity index (χ1) is 6.61. The Morgan fingerprint density at radius 1 is 1.50 bits per heavy atom. The monoisotopic (exact) mass is 204 g/mol. The predicted octanol–water partition coefficient (Wildman–Crippen LogP) is 0.389. The zero-order valence-corrected chi connectivity index (χ0v) is 9.04.